The first-order chi connectivity index (χ1) is 4.31. The minimum Gasteiger partial charge on any atom is -0.396 e. The molecule has 3 N–H and O–H groups in total. The molecule has 0 rings (SSSR count). The average Bonchev–Trinajstić information content (AvgIpc) is 1.89. The van der Waals surface area contributed by atoms with E-state index in [1.165, 1.54) is 11.8 Å². The van der Waals surface area contributed by atoms with E-state index in [-0.39, 0.29) is 13.2 Å². The summed E-state index contributed by atoms with van der Waals surface area (Å²) in [5.41, 5.74) is 0. The van der Waals surface area contributed by atoms with E-state index in [9.17, 15) is 0 Å². The largest absolute Gasteiger partial charge is 0.396 e. The molecule has 0 aliphatic rings. The summed E-state index contributed by atoms with van der Waals surface area (Å²) in [6.45, 7) is -0.0682. The monoisotopic (exact) mass is 152 g/mol. The summed E-state index contributed by atoms with van der Waals surface area (Å²) < 4.78 is 0. The highest BCUT2D eigenvalue weighted by molar-refractivity contribution is 7.99. The number of aliphatic hydroxyl groups is 3. The van der Waals surface area contributed by atoms with Gasteiger partial charge in [0.05, 0.1) is 19.3 Å². The molecule has 4 heteroatoms. The molecule has 0 aromatic heterocycles. The highest BCUT2D eigenvalue weighted by Crippen LogP contribution is 2.00. The van der Waals surface area contributed by atoms with Gasteiger partial charge in [0.15, 0.2) is 0 Å². The van der Waals surface area contributed by atoms with Crippen molar-refractivity contribution in [3.8, 4) is 0 Å². The molecule has 0 amide bonds. The fraction of sp³-hybridized carbons (Fsp3) is 1.00. The van der Waals surface area contributed by atoms with Crippen LogP contribution in [-0.2, 0) is 0 Å². The molecular formula is C5H12O3S. The van der Waals surface area contributed by atoms with Gasteiger partial charge in [-0.15, -0.1) is 0 Å². The summed E-state index contributed by atoms with van der Waals surface area (Å²) in [4.78, 5) is 0. The maximum Gasteiger partial charge on any atom is 0.0861 e. The van der Waals surface area contributed by atoms with Crippen LogP contribution in [0.2, 0.25) is 0 Å². The van der Waals surface area contributed by atoms with Crippen LogP contribution in [0.5, 0.6) is 0 Å². The molecule has 0 aromatic rings. The lowest BCUT2D eigenvalue weighted by Gasteiger charge is -2.03. The number of hydrogen-bond donors (Lipinski definition) is 3. The molecule has 9 heavy (non-hydrogen) atoms. The van der Waals surface area contributed by atoms with E-state index in [0.29, 0.717) is 11.5 Å². The Hall–Kier alpha value is 0.230. The molecule has 0 heterocycles. The van der Waals surface area contributed by atoms with Crippen LogP contribution in [-0.4, -0.2) is 46.1 Å². The number of thioether (sulfide) groups is 1. The zero-order chi connectivity index (χ0) is 7.11. The summed E-state index contributed by atoms with van der Waals surface area (Å²) >= 11 is 1.43. The van der Waals surface area contributed by atoms with Crippen LogP contribution in [0.4, 0.5) is 0 Å². The molecule has 0 saturated carbocycles. The zero-order valence-corrected chi connectivity index (χ0v) is 5.97. The second-order valence-corrected chi connectivity index (χ2v) is 2.78. The SMILES string of the molecule is OCCSCC(O)CO. The van der Waals surface area contributed by atoms with Crippen LogP contribution in [0.25, 0.3) is 0 Å². The summed E-state index contributed by atoms with van der Waals surface area (Å²) in [5, 5.41) is 25.3. The molecule has 0 radical (unpaired) electrons. The Morgan fingerprint density at radius 3 is 2.44 bits per heavy atom. The Bertz CT molecular complexity index is 60.2. The van der Waals surface area contributed by atoms with Gasteiger partial charge in [0, 0.05) is 11.5 Å². The minimum absolute atomic E-state index is 0.128. The first kappa shape index (κ1) is 9.23. The summed E-state index contributed by atoms with van der Waals surface area (Å²) in [6, 6.07) is 0. The van der Waals surface area contributed by atoms with E-state index in [0.717, 1.165) is 0 Å². The van der Waals surface area contributed by atoms with Gasteiger partial charge in [0.25, 0.3) is 0 Å². The molecule has 1 atom stereocenters. The fourth-order valence-corrected chi connectivity index (χ4v) is 1.01. The van der Waals surface area contributed by atoms with Crippen LogP contribution >= 0.6 is 11.8 Å². The van der Waals surface area contributed by atoms with E-state index < -0.39 is 6.10 Å². The smallest absolute Gasteiger partial charge is 0.0861 e. The van der Waals surface area contributed by atoms with Gasteiger partial charge in [-0.1, -0.05) is 0 Å². The van der Waals surface area contributed by atoms with E-state index in [1.807, 2.05) is 0 Å². The van der Waals surface area contributed by atoms with Crippen LogP contribution < -0.4 is 0 Å². The van der Waals surface area contributed by atoms with Gasteiger partial charge in [-0.25, -0.2) is 0 Å². The van der Waals surface area contributed by atoms with Crippen molar-refractivity contribution in [2.45, 2.75) is 6.10 Å². The third-order valence-corrected chi connectivity index (χ3v) is 1.85. The van der Waals surface area contributed by atoms with Gasteiger partial charge >= 0.3 is 0 Å². The average molecular weight is 152 g/mol. The molecule has 1 unspecified atom stereocenters. The summed E-state index contributed by atoms with van der Waals surface area (Å²) in [7, 11) is 0. The standard InChI is InChI=1S/C5H12O3S/c6-1-2-9-4-5(8)3-7/h5-8H,1-4H2. The highest BCUT2D eigenvalue weighted by Gasteiger charge is 1.99. The Kier molecular flexibility index (Phi) is 6.51. The first-order valence-corrected chi connectivity index (χ1v) is 3.94. The lowest BCUT2D eigenvalue weighted by atomic mass is 10.4. The van der Waals surface area contributed by atoms with Gasteiger partial charge in [-0.2, -0.15) is 11.8 Å². The molecule has 0 aliphatic heterocycles. The molecule has 56 valence electrons. The number of aliphatic hydroxyl groups excluding tert-OH is 3. The molecule has 3 nitrogen and oxygen atoms in total. The van der Waals surface area contributed by atoms with Gasteiger partial charge < -0.3 is 15.3 Å². The zero-order valence-electron chi connectivity index (χ0n) is 5.16. The first-order valence-electron chi connectivity index (χ1n) is 2.78. The van der Waals surface area contributed by atoms with Crippen LogP contribution in [0.1, 0.15) is 0 Å². The van der Waals surface area contributed by atoms with E-state index >= 15 is 0 Å². The predicted molar refractivity (Wildman–Crippen MR) is 37.5 cm³/mol. The van der Waals surface area contributed by atoms with Crippen molar-refractivity contribution in [3.63, 3.8) is 0 Å². The highest BCUT2D eigenvalue weighted by atomic mass is 32.2. The summed E-state index contributed by atoms with van der Waals surface area (Å²) in [5.74, 6) is 1.12. The fourth-order valence-electron chi connectivity index (χ4n) is 0.337. The molecule has 0 aromatic carbocycles. The van der Waals surface area contributed by atoms with Crippen LogP contribution in [0, 0.1) is 0 Å². The molecule has 0 fully saturated rings. The van der Waals surface area contributed by atoms with Gasteiger partial charge in [-0.05, 0) is 0 Å². The van der Waals surface area contributed by atoms with Gasteiger partial charge in [-0.3, -0.25) is 0 Å². The van der Waals surface area contributed by atoms with Crippen molar-refractivity contribution >= 4 is 11.8 Å². The Labute approximate surface area is 58.7 Å². The minimum atomic E-state index is -0.637. The Morgan fingerprint density at radius 2 is 2.00 bits per heavy atom. The van der Waals surface area contributed by atoms with Gasteiger partial charge in [0.2, 0.25) is 0 Å². The van der Waals surface area contributed by atoms with Crippen molar-refractivity contribution in [2.24, 2.45) is 0 Å². The molecule has 0 saturated heterocycles. The molecular weight excluding hydrogens is 140 g/mol. The Balaban J connectivity index is 2.88. The Morgan fingerprint density at radius 1 is 1.33 bits per heavy atom. The lowest BCUT2D eigenvalue weighted by Crippen LogP contribution is -2.15. The van der Waals surface area contributed by atoms with Gasteiger partial charge in [0.1, 0.15) is 0 Å². The van der Waals surface area contributed by atoms with E-state index in [2.05, 4.69) is 0 Å². The predicted octanol–water partition coefficient (Wildman–Crippen LogP) is -0.935. The van der Waals surface area contributed by atoms with Crippen LogP contribution in [0.3, 0.4) is 0 Å². The van der Waals surface area contributed by atoms with Crippen molar-refractivity contribution in [1.82, 2.24) is 0 Å². The number of hydrogen-bond acceptors (Lipinski definition) is 4. The maximum atomic E-state index is 8.73. The van der Waals surface area contributed by atoms with Crippen molar-refractivity contribution in [1.29, 1.82) is 0 Å². The van der Waals surface area contributed by atoms with Crippen molar-refractivity contribution in [3.05, 3.63) is 0 Å². The normalized spacial score (nSPS) is 13.7. The van der Waals surface area contributed by atoms with Crippen LogP contribution in [0.15, 0.2) is 0 Å². The maximum absolute atomic E-state index is 8.73. The quantitative estimate of drug-likeness (QED) is 0.445. The lowest BCUT2D eigenvalue weighted by molar-refractivity contribution is 0.113. The third kappa shape index (κ3) is 6.11. The molecule has 0 aliphatic carbocycles. The third-order valence-electron chi connectivity index (χ3n) is 0.757. The summed E-state index contributed by atoms with van der Waals surface area (Å²) in [6.07, 6.45) is -0.637. The van der Waals surface area contributed by atoms with E-state index in [4.69, 9.17) is 15.3 Å². The van der Waals surface area contributed by atoms with Crippen molar-refractivity contribution < 1.29 is 15.3 Å². The number of rotatable bonds is 5. The second-order valence-electron chi connectivity index (χ2n) is 1.63. The van der Waals surface area contributed by atoms with Crippen molar-refractivity contribution in [2.75, 3.05) is 24.7 Å². The topological polar surface area (TPSA) is 60.7 Å². The van der Waals surface area contributed by atoms with E-state index in [1.54, 1.807) is 0 Å². The molecule has 0 spiro atoms. The molecule has 0 bridgehead atoms. The second kappa shape index (κ2) is 6.35.